The van der Waals surface area contributed by atoms with E-state index in [0.29, 0.717) is 0 Å². The van der Waals surface area contributed by atoms with Gasteiger partial charge in [-0.2, -0.15) is 0 Å². The average molecular weight is 344 g/mol. The molecule has 0 fully saturated rings. The summed E-state index contributed by atoms with van der Waals surface area (Å²) in [6.07, 6.45) is 0.819. The van der Waals surface area contributed by atoms with E-state index in [1.54, 1.807) is 12.1 Å². The maximum absolute atomic E-state index is 13.3. The molecule has 0 aliphatic rings. The van der Waals surface area contributed by atoms with Gasteiger partial charge in [0.25, 0.3) is 0 Å². The van der Waals surface area contributed by atoms with Crippen molar-refractivity contribution >= 4 is 21.4 Å². The van der Waals surface area contributed by atoms with Crippen LogP contribution in [0.3, 0.4) is 0 Å². The Bertz CT molecular complexity index is 716. The van der Waals surface area contributed by atoms with Gasteiger partial charge in [-0.25, -0.2) is 22.5 Å². The summed E-state index contributed by atoms with van der Waals surface area (Å²) in [5.74, 6) is -0.708. The second-order valence-electron chi connectivity index (χ2n) is 4.51. The van der Waals surface area contributed by atoms with E-state index in [2.05, 4.69) is 9.71 Å². The molecule has 0 amide bonds. The summed E-state index contributed by atoms with van der Waals surface area (Å²) in [5, 5.41) is 2.63. The first-order valence-electron chi connectivity index (χ1n) is 6.78. The van der Waals surface area contributed by atoms with Gasteiger partial charge in [0, 0.05) is 5.38 Å². The number of sulfonamides is 1. The standard InChI is InChI=1S/C14H17FN2O3S2/c1-2-11-10-21-14(17-11)9-16-22(18,19)8-7-20-13-6-4-3-5-12(13)15/h3-6,10,16H,2,7-9H2,1H3. The Morgan fingerprint density at radius 3 is 2.82 bits per heavy atom. The summed E-state index contributed by atoms with van der Waals surface area (Å²) in [4.78, 5) is 4.28. The van der Waals surface area contributed by atoms with Gasteiger partial charge in [0.1, 0.15) is 11.6 Å². The number of halogens is 1. The number of rotatable bonds is 8. The zero-order chi connectivity index (χ0) is 16.0. The Morgan fingerprint density at radius 1 is 1.36 bits per heavy atom. The number of ether oxygens (including phenoxy) is 1. The lowest BCUT2D eigenvalue weighted by atomic mass is 10.3. The number of aromatic nitrogens is 1. The van der Waals surface area contributed by atoms with Crippen molar-refractivity contribution in [3.8, 4) is 5.75 Å². The van der Waals surface area contributed by atoms with Crippen LogP contribution >= 0.6 is 11.3 Å². The molecule has 0 radical (unpaired) electrons. The van der Waals surface area contributed by atoms with Crippen LogP contribution in [-0.2, 0) is 23.0 Å². The van der Waals surface area contributed by atoms with Gasteiger partial charge in [0.05, 0.1) is 18.0 Å². The fourth-order valence-electron chi connectivity index (χ4n) is 1.66. The van der Waals surface area contributed by atoms with Gasteiger partial charge in [-0.15, -0.1) is 11.3 Å². The Balaban J connectivity index is 1.80. The predicted molar refractivity (Wildman–Crippen MR) is 84.0 cm³/mol. The van der Waals surface area contributed by atoms with Crippen molar-refractivity contribution in [2.45, 2.75) is 19.9 Å². The van der Waals surface area contributed by atoms with Gasteiger partial charge in [-0.05, 0) is 18.6 Å². The molecule has 0 saturated heterocycles. The van der Waals surface area contributed by atoms with Crippen molar-refractivity contribution in [1.29, 1.82) is 0 Å². The molecular formula is C14H17FN2O3S2. The van der Waals surface area contributed by atoms with E-state index >= 15 is 0 Å². The topological polar surface area (TPSA) is 68.3 Å². The Kier molecular flexibility index (Phi) is 5.87. The molecule has 2 rings (SSSR count). The molecule has 0 aliphatic carbocycles. The lowest BCUT2D eigenvalue weighted by molar-refractivity contribution is 0.322. The predicted octanol–water partition coefficient (Wildman–Crippen LogP) is 2.34. The second-order valence-corrected chi connectivity index (χ2v) is 7.37. The monoisotopic (exact) mass is 344 g/mol. The molecule has 0 spiro atoms. The van der Waals surface area contributed by atoms with Crippen LogP contribution in [0, 0.1) is 5.82 Å². The SMILES string of the molecule is CCc1csc(CNS(=O)(=O)CCOc2ccccc2F)n1. The molecule has 1 heterocycles. The zero-order valence-corrected chi connectivity index (χ0v) is 13.7. The van der Waals surface area contributed by atoms with E-state index in [1.165, 1.54) is 23.5 Å². The summed E-state index contributed by atoms with van der Waals surface area (Å²) in [7, 11) is -3.49. The summed E-state index contributed by atoms with van der Waals surface area (Å²) < 4.78 is 44.6. The van der Waals surface area contributed by atoms with Gasteiger partial charge in [-0.1, -0.05) is 19.1 Å². The van der Waals surface area contributed by atoms with Crippen molar-refractivity contribution in [1.82, 2.24) is 9.71 Å². The first kappa shape index (κ1) is 16.9. The van der Waals surface area contributed by atoms with E-state index < -0.39 is 15.8 Å². The van der Waals surface area contributed by atoms with Crippen molar-refractivity contribution < 1.29 is 17.5 Å². The normalized spacial score (nSPS) is 11.5. The molecule has 2 aromatic rings. The molecule has 0 aliphatic heterocycles. The largest absolute Gasteiger partial charge is 0.489 e. The first-order chi connectivity index (χ1) is 10.5. The number of nitrogens with one attached hydrogen (secondary N) is 1. The van der Waals surface area contributed by atoms with Crippen LogP contribution in [0.2, 0.25) is 0 Å². The second kappa shape index (κ2) is 7.66. The highest BCUT2D eigenvalue weighted by Gasteiger charge is 2.12. The molecule has 0 bridgehead atoms. The van der Waals surface area contributed by atoms with Crippen molar-refractivity contribution in [3.05, 3.63) is 46.2 Å². The van der Waals surface area contributed by atoms with Crippen LogP contribution in [0.1, 0.15) is 17.6 Å². The molecule has 1 aromatic carbocycles. The van der Waals surface area contributed by atoms with Crippen LogP contribution < -0.4 is 9.46 Å². The molecule has 0 unspecified atom stereocenters. The van der Waals surface area contributed by atoms with Crippen LogP contribution in [0.25, 0.3) is 0 Å². The molecular weight excluding hydrogens is 327 g/mol. The third-order valence-corrected chi connectivity index (χ3v) is 5.04. The fourth-order valence-corrected chi connectivity index (χ4v) is 3.37. The number of nitrogens with zero attached hydrogens (tertiary/aromatic N) is 1. The summed E-state index contributed by atoms with van der Waals surface area (Å²) in [6.45, 7) is 2.03. The first-order valence-corrected chi connectivity index (χ1v) is 9.31. The van der Waals surface area contributed by atoms with E-state index in [0.717, 1.165) is 17.1 Å². The Hall–Kier alpha value is -1.51. The molecule has 0 saturated carbocycles. The molecule has 120 valence electrons. The lowest BCUT2D eigenvalue weighted by Crippen LogP contribution is -2.28. The van der Waals surface area contributed by atoms with Crippen molar-refractivity contribution in [2.24, 2.45) is 0 Å². The zero-order valence-electron chi connectivity index (χ0n) is 12.1. The molecule has 1 aromatic heterocycles. The number of aryl methyl sites for hydroxylation is 1. The average Bonchev–Trinajstić information content (AvgIpc) is 2.95. The summed E-state index contributed by atoms with van der Waals surface area (Å²) in [5.41, 5.74) is 0.946. The maximum Gasteiger partial charge on any atom is 0.215 e. The maximum atomic E-state index is 13.3. The molecule has 0 atom stereocenters. The minimum atomic E-state index is -3.49. The number of hydrogen-bond donors (Lipinski definition) is 1. The molecule has 1 N–H and O–H groups in total. The van der Waals surface area contributed by atoms with Gasteiger partial charge in [0.2, 0.25) is 10.0 Å². The molecule has 5 nitrogen and oxygen atoms in total. The van der Waals surface area contributed by atoms with E-state index in [-0.39, 0.29) is 24.7 Å². The lowest BCUT2D eigenvalue weighted by Gasteiger charge is -2.08. The number of thiazole rings is 1. The molecule has 8 heteroatoms. The van der Waals surface area contributed by atoms with Crippen molar-refractivity contribution in [3.63, 3.8) is 0 Å². The number of para-hydroxylation sites is 1. The third-order valence-electron chi connectivity index (χ3n) is 2.85. The Morgan fingerprint density at radius 2 is 2.14 bits per heavy atom. The van der Waals surface area contributed by atoms with Gasteiger partial charge < -0.3 is 4.74 Å². The fraction of sp³-hybridized carbons (Fsp3) is 0.357. The Labute approximate surface area is 133 Å². The van der Waals surface area contributed by atoms with Gasteiger partial charge >= 0.3 is 0 Å². The third kappa shape index (κ3) is 5.04. The summed E-state index contributed by atoms with van der Waals surface area (Å²) >= 11 is 1.42. The van der Waals surface area contributed by atoms with Gasteiger partial charge in [0.15, 0.2) is 11.6 Å². The smallest absolute Gasteiger partial charge is 0.215 e. The van der Waals surface area contributed by atoms with Crippen LogP contribution in [0.15, 0.2) is 29.6 Å². The quantitative estimate of drug-likeness (QED) is 0.798. The minimum absolute atomic E-state index is 0.0465. The van der Waals surface area contributed by atoms with Crippen LogP contribution in [0.5, 0.6) is 5.75 Å². The number of hydrogen-bond acceptors (Lipinski definition) is 5. The van der Waals surface area contributed by atoms with Gasteiger partial charge in [-0.3, -0.25) is 0 Å². The van der Waals surface area contributed by atoms with Crippen molar-refractivity contribution in [2.75, 3.05) is 12.4 Å². The minimum Gasteiger partial charge on any atom is -0.489 e. The highest BCUT2D eigenvalue weighted by atomic mass is 32.2. The highest BCUT2D eigenvalue weighted by Crippen LogP contribution is 2.15. The molecule has 22 heavy (non-hydrogen) atoms. The van der Waals surface area contributed by atoms with E-state index in [4.69, 9.17) is 4.74 Å². The summed E-state index contributed by atoms with van der Waals surface area (Å²) in [6, 6.07) is 5.88. The van der Waals surface area contributed by atoms with Crippen LogP contribution in [0.4, 0.5) is 4.39 Å². The highest BCUT2D eigenvalue weighted by molar-refractivity contribution is 7.89. The number of benzene rings is 1. The van der Waals surface area contributed by atoms with E-state index in [1.807, 2.05) is 12.3 Å². The van der Waals surface area contributed by atoms with E-state index in [9.17, 15) is 12.8 Å². The van der Waals surface area contributed by atoms with Crippen LogP contribution in [-0.4, -0.2) is 25.8 Å².